The fourth-order valence-corrected chi connectivity index (χ4v) is 5.58. The van der Waals surface area contributed by atoms with Crippen molar-refractivity contribution in [1.29, 1.82) is 0 Å². The first-order valence-electron chi connectivity index (χ1n) is 9.72. The SMILES string of the molecule is Cn1c(SCC(=O)N2CCN(S(=O)(=O)c3ccccc3)CC2)nnc1-c1cccnc1. The summed E-state index contributed by atoms with van der Waals surface area (Å²) in [5.41, 5.74) is 0.853. The van der Waals surface area contributed by atoms with Crippen molar-refractivity contribution >= 4 is 27.7 Å². The number of carbonyl (C=O) groups excluding carboxylic acids is 1. The van der Waals surface area contributed by atoms with Gasteiger partial charge in [0.05, 0.1) is 10.6 Å². The van der Waals surface area contributed by atoms with Crippen LogP contribution in [0.2, 0.25) is 0 Å². The number of rotatable bonds is 6. The molecule has 0 spiro atoms. The smallest absolute Gasteiger partial charge is 0.243 e. The fourth-order valence-electron chi connectivity index (χ4n) is 3.32. The highest BCUT2D eigenvalue weighted by Gasteiger charge is 2.30. The first kappa shape index (κ1) is 21.5. The van der Waals surface area contributed by atoms with E-state index in [1.807, 2.05) is 23.7 Å². The molecule has 1 fully saturated rings. The van der Waals surface area contributed by atoms with Crippen molar-refractivity contribution in [2.24, 2.45) is 7.05 Å². The lowest BCUT2D eigenvalue weighted by atomic mass is 10.3. The Hall–Kier alpha value is -2.76. The highest BCUT2D eigenvalue weighted by atomic mass is 32.2. The molecule has 1 aliphatic heterocycles. The van der Waals surface area contributed by atoms with Gasteiger partial charge in [-0.25, -0.2) is 8.42 Å². The second-order valence-corrected chi connectivity index (χ2v) is 9.87. The van der Waals surface area contributed by atoms with Crippen LogP contribution in [0.25, 0.3) is 11.4 Å². The number of aromatic nitrogens is 4. The summed E-state index contributed by atoms with van der Waals surface area (Å²) in [6.07, 6.45) is 3.41. The van der Waals surface area contributed by atoms with Crippen LogP contribution in [-0.2, 0) is 21.9 Å². The maximum Gasteiger partial charge on any atom is 0.243 e. The Balaban J connectivity index is 1.33. The zero-order valence-corrected chi connectivity index (χ0v) is 18.6. The van der Waals surface area contributed by atoms with Crippen LogP contribution >= 0.6 is 11.8 Å². The van der Waals surface area contributed by atoms with E-state index in [-0.39, 0.29) is 29.6 Å². The van der Waals surface area contributed by atoms with Gasteiger partial charge in [0.15, 0.2) is 11.0 Å². The summed E-state index contributed by atoms with van der Waals surface area (Å²) >= 11 is 1.31. The molecule has 1 aliphatic rings. The van der Waals surface area contributed by atoms with Gasteiger partial charge in [0, 0.05) is 51.2 Å². The Morgan fingerprint density at radius 3 is 2.45 bits per heavy atom. The summed E-state index contributed by atoms with van der Waals surface area (Å²) in [6, 6.07) is 12.1. The lowest BCUT2D eigenvalue weighted by Crippen LogP contribution is -2.50. The second kappa shape index (κ2) is 9.16. The largest absolute Gasteiger partial charge is 0.339 e. The van der Waals surface area contributed by atoms with Crippen molar-refractivity contribution in [3.63, 3.8) is 0 Å². The molecule has 0 unspecified atom stereocenters. The maximum absolute atomic E-state index is 12.7. The Kier molecular flexibility index (Phi) is 6.35. The monoisotopic (exact) mass is 458 g/mol. The van der Waals surface area contributed by atoms with E-state index in [1.54, 1.807) is 47.6 Å². The first-order chi connectivity index (χ1) is 15.0. The van der Waals surface area contributed by atoms with Crippen LogP contribution < -0.4 is 0 Å². The average molecular weight is 459 g/mol. The van der Waals surface area contributed by atoms with Gasteiger partial charge >= 0.3 is 0 Å². The second-order valence-electron chi connectivity index (χ2n) is 6.99. The van der Waals surface area contributed by atoms with Crippen LogP contribution in [0.1, 0.15) is 0 Å². The maximum atomic E-state index is 12.7. The lowest BCUT2D eigenvalue weighted by molar-refractivity contribution is -0.129. The highest BCUT2D eigenvalue weighted by molar-refractivity contribution is 7.99. The van der Waals surface area contributed by atoms with Gasteiger partial charge in [-0.3, -0.25) is 9.78 Å². The van der Waals surface area contributed by atoms with Crippen LogP contribution in [0.3, 0.4) is 0 Å². The predicted molar refractivity (Wildman–Crippen MR) is 117 cm³/mol. The van der Waals surface area contributed by atoms with Crippen molar-refractivity contribution in [2.75, 3.05) is 31.9 Å². The number of sulfonamides is 1. The van der Waals surface area contributed by atoms with Gasteiger partial charge in [-0.05, 0) is 24.3 Å². The number of benzene rings is 1. The van der Waals surface area contributed by atoms with Crippen molar-refractivity contribution < 1.29 is 13.2 Å². The summed E-state index contributed by atoms with van der Waals surface area (Å²) in [7, 11) is -1.68. The van der Waals surface area contributed by atoms with E-state index in [0.717, 1.165) is 5.56 Å². The molecule has 11 heteroatoms. The van der Waals surface area contributed by atoms with Crippen LogP contribution in [-0.4, -0.2) is 75.2 Å². The zero-order valence-electron chi connectivity index (χ0n) is 17.0. The number of carbonyl (C=O) groups is 1. The summed E-state index contributed by atoms with van der Waals surface area (Å²) in [5.74, 6) is 0.847. The molecule has 0 saturated carbocycles. The van der Waals surface area contributed by atoms with E-state index in [4.69, 9.17) is 0 Å². The van der Waals surface area contributed by atoms with Crippen LogP contribution in [0.4, 0.5) is 0 Å². The van der Waals surface area contributed by atoms with Crippen LogP contribution in [0, 0.1) is 0 Å². The molecule has 162 valence electrons. The van der Waals surface area contributed by atoms with Gasteiger partial charge < -0.3 is 9.47 Å². The van der Waals surface area contributed by atoms with E-state index < -0.39 is 10.0 Å². The Bertz CT molecular complexity index is 1140. The van der Waals surface area contributed by atoms with E-state index in [2.05, 4.69) is 15.2 Å². The van der Waals surface area contributed by atoms with Crippen molar-refractivity contribution in [3.8, 4) is 11.4 Å². The van der Waals surface area contributed by atoms with Gasteiger partial charge in [0.25, 0.3) is 0 Å². The molecule has 31 heavy (non-hydrogen) atoms. The highest BCUT2D eigenvalue weighted by Crippen LogP contribution is 2.23. The lowest BCUT2D eigenvalue weighted by Gasteiger charge is -2.34. The molecule has 2 aromatic heterocycles. The minimum Gasteiger partial charge on any atom is -0.339 e. The molecule has 1 aromatic carbocycles. The molecular weight excluding hydrogens is 436 g/mol. The Morgan fingerprint density at radius 2 is 1.77 bits per heavy atom. The average Bonchev–Trinajstić information content (AvgIpc) is 3.19. The molecule has 3 heterocycles. The topological polar surface area (TPSA) is 101 Å². The third kappa shape index (κ3) is 4.63. The van der Waals surface area contributed by atoms with Crippen molar-refractivity contribution in [2.45, 2.75) is 10.1 Å². The van der Waals surface area contributed by atoms with Gasteiger partial charge in [-0.15, -0.1) is 10.2 Å². The molecule has 1 amide bonds. The third-order valence-corrected chi connectivity index (χ3v) is 7.97. The van der Waals surface area contributed by atoms with Crippen LogP contribution in [0.15, 0.2) is 64.9 Å². The number of nitrogens with zero attached hydrogens (tertiary/aromatic N) is 6. The normalized spacial score (nSPS) is 15.2. The first-order valence-corrected chi connectivity index (χ1v) is 12.1. The van der Waals surface area contributed by atoms with Gasteiger partial charge in [0.2, 0.25) is 15.9 Å². The predicted octanol–water partition coefficient (Wildman–Crippen LogP) is 1.50. The number of hydrogen-bond donors (Lipinski definition) is 0. The molecule has 0 radical (unpaired) electrons. The zero-order chi connectivity index (χ0) is 21.8. The van der Waals surface area contributed by atoms with Crippen LogP contribution in [0.5, 0.6) is 0 Å². The summed E-state index contributed by atoms with van der Waals surface area (Å²) in [5, 5.41) is 9.01. The quantitative estimate of drug-likeness (QED) is 0.516. The molecule has 0 atom stereocenters. The molecule has 0 aliphatic carbocycles. The minimum atomic E-state index is -3.53. The van der Waals surface area contributed by atoms with Crippen molar-refractivity contribution in [1.82, 2.24) is 29.0 Å². The fraction of sp³-hybridized carbons (Fsp3) is 0.300. The Labute approximate surface area is 185 Å². The van der Waals surface area contributed by atoms with E-state index in [9.17, 15) is 13.2 Å². The molecule has 0 N–H and O–H groups in total. The van der Waals surface area contributed by atoms with E-state index in [1.165, 1.54) is 16.1 Å². The van der Waals surface area contributed by atoms with Gasteiger partial charge in [0.1, 0.15) is 0 Å². The summed E-state index contributed by atoms with van der Waals surface area (Å²) in [4.78, 5) is 18.7. The van der Waals surface area contributed by atoms with Gasteiger partial charge in [-0.2, -0.15) is 4.31 Å². The molecule has 0 bridgehead atoms. The molecule has 3 aromatic rings. The minimum absolute atomic E-state index is 0.0484. The molecule has 1 saturated heterocycles. The third-order valence-electron chi connectivity index (χ3n) is 5.05. The van der Waals surface area contributed by atoms with E-state index in [0.29, 0.717) is 24.1 Å². The number of thioether (sulfide) groups is 1. The molecule has 4 rings (SSSR count). The Morgan fingerprint density at radius 1 is 1.03 bits per heavy atom. The molecule has 9 nitrogen and oxygen atoms in total. The number of piperazine rings is 1. The summed E-state index contributed by atoms with van der Waals surface area (Å²) in [6.45, 7) is 1.29. The van der Waals surface area contributed by atoms with Gasteiger partial charge in [-0.1, -0.05) is 30.0 Å². The number of hydrogen-bond acceptors (Lipinski definition) is 7. The number of amides is 1. The van der Waals surface area contributed by atoms with E-state index >= 15 is 0 Å². The standard InChI is InChI=1S/C20H22N6O3S2/c1-24-19(16-6-5-9-21-14-16)22-23-20(24)30-15-18(27)25-10-12-26(13-11-25)31(28,29)17-7-3-2-4-8-17/h2-9,14H,10-13,15H2,1H3. The molecular formula is C20H22N6O3S2. The van der Waals surface area contributed by atoms with Crippen molar-refractivity contribution in [3.05, 3.63) is 54.9 Å². The number of pyridine rings is 1. The summed E-state index contributed by atoms with van der Waals surface area (Å²) < 4.78 is 28.7.